The lowest BCUT2D eigenvalue weighted by molar-refractivity contribution is -0.155. The number of halogens is 1. The lowest BCUT2D eigenvalue weighted by Gasteiger charge is -2.19. The number of rotatable bonds is 3. The molecular formula is C20H18FN3O4. The summed E-state index contributed by atoms with van der Waals surface area (Å²) in [5.74, 6) is -1.42. The summed E-state index contributed by atoms with van der Waals surface area (Å²) in [6, 6.07) is 6.04. The third-order valence-corrected chi connectivity index (χ3v) is 4.15. The van der Waals surface area contributed by atoms with Gasteiger partial charge in [0.25, 0.3) is 0 Å². The Bertz CT molecular complexity index is 1260. The van der Waals surface area contributed by atoms with Crippen molar-refractivity contribution < 1.29 is 18.3 Å². The number of oxazole rings is 1. The second kappa shape index (κ2) is 6.33. The number of hydrogen-bond acceptors (Lipinski definition) is 5. The number of ether oxygens (including phenoxy) is 1. The van der Waals surface area contributed by atoms with Crippen molar-refractivity contribution in [3.63, 3.8) is 0 Å². The van der Waals surface area contributed by atoms with E-state index < -0.39 is 23.1 Å². The molecule has 0 saturated heterocycles. The highest BCUT2D eigenvalue weighted by Gasteiger charge is 2.19. The van der Waals surface area contributed by atoms with Crippen molar-refractivity contribution in [2.24, 2.45) is 0 Å². The van der Waals surface area contributed by atoms with Crippen LogP contribution in [0.15, 0.2) is 45.9 Å². The Morgan fingerprint density at radius 1 is 1.32 bits per heavy atom. The van der Waals surface area contributed by atoms with Crippen molar-refractivity contribution in [1.82, 2.24) is 14.5 Å². The molecule has 0 bridgehead atoms. The van der Waals surface area contributed by atoms with Crippen molar-refractivity contribution in [3.05, 3.63) is 53.0 Å². The van der Waals surface area contributed by atoms with Crippen LogP contribution >= 0.6 is 0 Å². The van der Waals surface area contributed by atoms with Crippen LogP contribution in [-0.2, 0) is 16.1 Å². The van der Waals surface area contributed by atoms with E-state index in [1.54, 1.807) is 49.9 Å². The van der Waals surface area contributed by atoms with E-state index in [0.29, 0.717) is 22.3 Å². The van der Waals surface area contributed by atoms with Crippen LogP contribution in [0.1, 0.15) is 20.8 Å². The van der Waals surface area contributed by atoms with Gasteiger partial charge in [-0.1, -0.05) is 0 Å². The average molecular weight is 383 g/mol. The Balaban J connectivity index is 1.82. The molecule has 0 spiro atoms. The van der Waals surface area contributed by atoms with Gasteiger partial charge in [0.2, 0.25) is 0 Å². The standard InChI is InChI=1S/C20H18FN3O4/c1-20(2,3)28-17(25)10-24-9-14(13-5-4-12(21)7-15(13)24)11-6-16-18(22-8-11)23-19(26)27-16/h4-9H,10H2,1-3H3,(H,22,23,26). The molecule has 3 heterocycles. The van der Waals surface area contributed by atoms with Crippen molar-refractivity contribution in [2.75, 3.05) is 0 Å². The number of hydrogen-bond donors (Lipinski definition) is 1. The Labute approximate surface area is 158 Å². The molecule has 1 N–H and O–H groups in total. The molecule has 0 saturated carbocycles. The summed E-state index contributed by atoms with van der Waals surface area (Å²) >= 11 is 0. The highest BCUT2D eigenvalue weighted by Crippen LogP contribution is 2.32. The first kappa shape index (κ1) is 18.0. The molecule has 0 atom stereocenters. The Morgan fingerprint density at radius 3 is 2.86 bits per heavy atom. The molecule has 8 heteroatoms. The predicted octanol–water partition coefficient (Wildman–Crippen LogP) is 3.62. The number of carbonyl (C=O) groups is 1. The average Bonchev–Trinajstić information content (AvgIpc) is 3.12. The second-order valence-electron chi connectivity index (χ2n) is 7.50. The lowest BCUT2D eigenvalue weighted by atomic mass is 10.1. The SMILES string of the molecule is CC(C)(C)OC(=O)Cn1cc(-c2cnc3[nH]c(=O)oc3c2)c2ccc(F)cc21. The topological polar surface area (TPSA) is 90.1 Å². The van der Waals surface area contributed by atoms with E-state index in [0.717, 1.165) is 10.9 Å². The fraction of sp³-hybridized carbons (Fsp3) is 0.250. The number of nitrogens with zero attached hydrogens (tertiary/aromatic N) is 2. The van der Waals surface area contributed by atoms with Crippen LogP contribution in [0.25, 0.3) is 33.3 Å². The minimum atomic E-state index is -0.616. The third kappa shape index (κ3) is 3.40. The summed E-state index contributed by atoms with van der Waals surface area (Å²) in [6.45, 7) is 5.30. The summed E-state index contributed by atoms with van der Waals surface area (Å²) < 4.78 is 25.9. The van der Waals surface area contributed by atoms with Crippen molar-refractivity contribution >= 4 is 28.1 Å². The van der Waals surface area contributed by atoms with Gasteiger partial charge in [-0.05, 0) is 45.0 Å². The van der Waals surface area contributed by atoms with E-state index in [2.05, 4.69) is 9.97 Å². The maximum Gasteiger partial charge on any atom is 0.418 e. The molecule has 4 aromatic rings. The van der Waals surface area contributed by atoms with Crippen LogP contribution in [0.5, 0.6) is 0 Å². The number of carbonyl (C=O) groups excluding carboxylic acids is 1. The van der Waals surface area contributed by atoms with Gasteiger partial charge in [0.15, 0.2) is 11.2 Å². The number of esters is 1. The molecule has 0 amide bonds. The molecular weight excluding hydrogens is 365 g/mol. The Kier molecular flexibility index (Phi) is 4.06. The number of aromatic nitrogens is 3. The number of nitrogens with one attached hydrogen (secondary N) is 1. The molecule has 0 radical (unpaired) electrons. The number of fused-ring (bicyclic) bond motifs is 2. The van der Waals surface area contributed by atoms with E-state index >= 15 is 0 Å². The van der Waals surface area contributed by atoms with Gasteiger partial charge < -0.3 is 13.7 Å². The van der Waals surface area contributed by atoms with Crippen LogP contribution in [0, 0.1) is 5.82 Å². The number of H-pyrrole nitrogens is 1. The quantitative estimate of drug-likeness (QED) is 0.546. The number of aromatic amines is 1. The summed E-state index contributed by atoms with van der Waals surface area (Å²) in [5.41, 5.74) is 2.01. The molecule has 3 aromatic heterocycles. The fourth-order valence-electron chi connectivity index (χ4n) is 3.12. The molecule has 0 unspecified atom stereocenters. The highest BCUT2D eigenvalue weighted by atomic mass is 19.1. The molecule has 28 heavy (non-hydrogen) atoms. The van der Waals surface area contributed by atoms with Crippen LogP contribution < -0.4 is 5.76 Å². The van der Waals surface area contributed by atoms with Gasteiger partial charge in [-0.25, -0.2) is 14.2 Å². The van der Waals surface area contributed by atoms with E-state index in [1.165, 1.54) is 12.1 Å². The van der Waals surface area contributed by atoms with Gasteiger partial charge >= 0.3 is 11.7 Å². The Hall–Kier alpha value is -3.42. The van der Waals surface area contributed by atoms with E-state index in [1.807, 2.05) is 0 Å². The molecule has 0 fully saturated rings. The summed E-state index contributed by atoms with van der Waals surface area (Å²) in [7, 11) is 0. The Morgan fingerprint density at radius 2 is 2.11 bits per heavy atom. The van der Waals surface area contributed by atoms with Crippen molar-refractivity contribution in [1.29, 1.82) is 0 Å². The zero-order valence-electron chi connectivity index (χ0n) is 15.6. The molecule has 144 valence electrons. The van der Waals surface area contributed by atoms with Gasteiger partial charge in [0.05, 0.1) is 5.52 Å². The lowest BCUT2D eigenvalue weighted by Crippen LogP contribution is -2.26. The maximum absolute atomic E-state index is 13.9. The van der Waals surface area contributed by atoms with Gasteiger partial charge in [0.1, 0.15) is 18.0 Å². The zero-order chi connectivity index (χ0) is 20.1. The molecule has 1 aromatic carbocycles. The normalized spacial score (nSPS) is 12.0. The highest BCUT2D eigenvalue weighted by molar-refractivity contribution is 5.97. The maximum atomic E-state index is 13.9. The minimum Gasteiger partial charge on any atom is -0.459 e. The van der Waals surface area contributed by atoms with Crippen molar-refractivity contribution in [3.8, 4) is 11.1 Å². The summed E-state index contributed by atoms with van der Waals surface area (Å²) in [6.07, 6.45) is 3.32. The molecule has 0 aliphatic rings. The van der Waals surface area contributed by atoms with Crippen LogP contribution in [0.3, 0.4) is 0 Å². The zero-order valence-corrected chi connectivity index (χ0v) is 15.6. The summed E-state index contributed by atoms with van der Waals surface area (Å²) in [4.78, 5) is 30.3. The van der Waals surface area contributed by atoms with Crippen molar-refractivity contribution in [2.45, 2.75) is 32.9 Å². The monoisotopic (exact) mass is 383 g/mol. The minimum absolute atomic E-state index is 0.0634. The molecule has 4 rings (SSSR count). The third-order valence-electron chi connectivity index (χ3n) is 4.15. The van der Waals surface area contributed by atoms with Gasteiger partial charge in [-0.15, -0.1) is 0 Å². The van der Waals surface area contributed by atoms with Crippen LogP contribution in [0.4, 0.5) is 4.39 Å². The molecule has 0 aliphatic carbocycles. The van der Waals surface area contributed by atoms with E-state index in [-0.39, 0.29) is 6.54 Å². The first-order valence-corrected chi connectivity index (χ1v) is 8.69. The largest absolute Gasteiger partial charge is 0.459 e. The molecule has 0 aliphatic heterocycles. The predicted molar refractivity (Wildman–Crippen MR) is 101 cm³/mol. The van der Waals surface area contributed by atoms with Crippen LogP contribution in [-0.4, -0.2) is 26.1 Å². The van der Waals surface area contributed by atoms with Gasteiger partial charge in [-0.3, -0.25) is 9.78 Å². The number of pyridine rings is 1. The summed E-state index contributed by atoms with van der Waals surface area (Å²) in [5, 5.41) is 0.740. The first-order valence-electron chi connectivity index (χ1n) is 8.69. The van der Waals surface area contributed by atoms with Crippen LogP contribution in [0.2, 0.25) is 0 Å². The first-order chi connectivity index (χ1) is 13.2. The number of benzene rings is 1. The van der Waals surface area contributed by atoms with E-state index in [9.17, 15) is 14.0 Å². The fourth-order valence-corrected chi connectivity index (χ4v) is 3.12. The van der Waals surface area contributed by atoms with Gasteiger partial charge in [0, 0.05) is 28.9 Å². The van der Waals surface area contributed by atoms with Gasteiger partial charge in [-0.2, -0.15) is 0 Å². The smallest absolute Gasteiger partial charge is 0.418 e. The second-order valence-corrected chi connectivity index (χ2v) is 7.50. The molecule has 7 nitrogen and oxygen atoms in total. The van der Waals surface area contributed by atoms with E-state index in [4.69, 9.17) is 9.15 Å².